The Bertz CT molecular complexity index is 579. The summed E-state index contributed by atoms with van der Waals surface area (Å²) in [5.41, 5.74) is 7.25. The summed E-state index contributed by atoms with van der Waals surface area (Å²) < 4.78 is 25.3. The van der Waals surface area contributed by atoms with Gasteiger partial charge >= 0.3 is 0 Å². The van der Waals surface area contributed by atoms with Gasteiger partial charge in [-0.05, 0) is 30.5 Å². The average Bonchev–Trinajstić information content (AvgIpc) is 2.93. The predicted octanol–water partition coefficient (Wildman–Crippen LogP) is 2.51. The SMILES string of the molecule is CN(C)S(=O)(=O)c1ccc(NCCC2CCCC2)c(N)c1. The Kier molecular flexibility index (Phi) is 5.11. The molecular formula is C15H25N3O2S. The third kappa shape index (κ3) is 3.89. The van der Waals surface area contributed by atoms with Crippen LogP contribution in [0.5, 0.6) is 0 Å². The van der Waals surface area contributed by atoms with Crippen molar-refractivity contribution in [2.45, 2.75) is 37.0 Å². The van der Waals surface area contributed by atoms with Crippen LogP contribution in [0.4, 0.5) is 11.4 Å². The molecule has 1 aliphatic rings. The van der Waals surface area contributed by atoms with Crippen LogP contribution in [0.15, 0.2) is 23.1 Å². The molecule has 1 saturated carbocycles. The molecule has 0 unspecified atom stereocenters. The van der Waals surface area contributed by atoms with Gasteiger partial charge in [0.2, 0.25) is 10.0 Å². The van der Waals surface area contributed by atoms with E-state index in [-0.39, 0.29) is 4.90 Å². The van der Waals surface area contributed by atoms with Crippen molar-refractivity contribution in [3.8, 4) is 0 Å². The van der Waals surface area contributed by atoms with Crippen molar-refractivity contribution in [2.75, 3.05) is 31.7 Å². The van der Waals surface area contributed by atoms with Crippen LogP contribution in [-0.2, 0) is 10.0 Å². The van der Waals surface area contributed by atoms with Gasteiger partial charge in [0.05, 0.1) is 16.3 Å². The Morgan fingerprint density at radius 1 is 1.29 bits per heavy atom. The fourth-order valence-electron chi connectivity index (χ4n) is 2.78. The molecule has 3 N–H and O–H groups in total. The van der Waals surface area contributed by atoms with Gasteiger partial charge in [0.15, 0.2) is 0 Å². The van der Waals surface area contributed by atoms with Crippen LogP contribution in [0.3, 0.4) is 0 Å². The summed E-state index contributed by atoms with van der Waals surface area (Å²) in [6.07, 6.45) is 6.51. The van der Waals surface area contributed by atoms with Gasteiger partial charge < -0.3 is 11.1 Å². The summed E-state index contributed by atoms with van der Waals surface area (Å²) in [7, 11) is -0.398. The van der Waals surface area contributed by atoms with Crippen LogP contribution in [0.25, 0.3) is 0 Å². The molecule has 1 aromatic rings. The molecule has 21 heavy (non-hydrogen) atoms. The smallest absolute Gasteiger partial charge is 0.242 e. The molecule has 0 atom stereocenters. The number of nitrogens with zero attached hydrogens (tertiary/aromatic N) is 1. The summed E-state index contributed by atoms with van der Waals surface area (Å²) in [6.45, 7) is 0.884. The molecule has 6 heteroatoms. The number of nitrogens with one attached hydrogen (secondary N) is 1. The van der Waals surface area contributed by atoms with Gasteiger partial charge in [0, 0.05) is 20.6 Å². The van der Waals surface area contributed by atoms with Crippen LogP contribution in [0, 0.1) is 5.92 Å². The van der Waals surface area contributed by atoms with Crippen molar-refractivity contribution in [1.29, 1.82) is 0 Å². The van der Waals surface area contributed by atoms with Gasteiger partial charge in [-0.2, -0.15) is 0 Å². The van der Waals surface area contributed by atoms with E-state index in [4.69, 9.17) is 5.73 Å². The standard InChI is InChI=1S/C15H25N3O2S/c1-18(2)21(19,20)13-7-8-15(14(16)11-13)17-10-9-12-5-3-4-6-12/h7-8,11-12,17H,3-6,9-10,16H2,1-2H3. The first kappa shape index (κ1) is 16.1. The molecule has 5 nitrogen and oxygen atoms in total. The maximum Gasteiger partial charge on any atom is 0.242 e. The zero-order chi connectivity index (χ0) is 15.5. The quantitative estimate of drug-likeness (QED) is 0.792. The fraction of sp³-hybridized carbons (Fsp3) is 0.600. The lowest BCUT2D eigenvalue weighted by molar-refractivity contribution is 0.518. The first-order valence-electron chi connectivity index (χ1n) is 7.47. The fourth-order valence-corrected chi connectivity index (χ4v) is 3.72. The van der Waals surface area contributed by atoms with E-state index >= 15 is 0 Å². The second-order valence-electron chi connectivity index (χ2n) is 5.90. The molecule has 118 valence electrons. The molecule has 0 amide bonds. The van der Waals surface area contributed by atoms with Crippen LogP contribution in [0.1, 0.15) is 32.1 Å². The average molecular weight is 311 g/mol. The van der Waals surface area contributed by atoms with Crippen LogP contribution >= 0.6 is 0 Å². The van der Waals surface area contributed by atoms with E-state index < -0.39 is 10.0 Å². The van der Waals surface area contributed by atoms with Crippen LogP contribution in [-0.4, -0.2) is 33.4 Å². The van der Waals surface area contributed by atoms with Crippen molar-refractivity contribution in [3.63, 3.8) is 0 Å². The highest BCUT2D eigenvalue weighted by Crippen LogP contribution is 2.28. The van der Waals surface area contributed by atoms with Crippen molar-refractivity contribution >= 4 is 21.4 Å². The molecule has 0 aromatic heterocycles. The van der Waals surface area contributed by atoms with Gasteiger partial charge in [-0.15, -0.1) is 0 Å². The minimum atomic E-state index is -3.42. The summed E-state index contributed by atoms with van der Waals surface area (Å²) in [5, 5.41) is 3.31. The highest BCUT2D eigenvalue weighted by Gasteiger charge is 2.18. The number of benzene rings is 1. The molecule has 1 fully saturated rings. The number of anilines is 2. The van der Waals surface area contributed by atoms with Gasteiger partial charge in [0.25, 0.3) is 0 Å². The van der Waals surface area contributed by atoms with Crippen molar-refractivity contribution in [2.24, 2.45) is 5.92 Å². The molecule has 0 heterocycles. The summed E-state index contributed by atoms with van der Waals surface area (Å²) >= 11 is 0. The number of sulfonamides is 1. The van der Waals surface area contributed by atoms with Gasteiger partial charge in [-0.1, -0.05) is 25.7 Å². The van der Waals surface area contributed by atoms with E-state index in [1.165, 1.54) is 50.2 Å². The zero-order valence-corrected chi connectivity index (χ0v) is 13.6. The van der Waals surface area contributed by atoms with Crippen molar-refractivity contribution in [1.82, 2.24) is 4.31 Å². The van der Waals surface area contributed by atoms with Gasteiger partial charge in [-0.25, -0.2) is 12.7 Å². The molecule has 0 bridgehead atoms. The third-order valence-electron chi connectivity index (χ3n) is 4.14. The Morgan fingerprint density at radius 2 is 1.95 bits per heavy atom. The first-order valence-corrected chi connectivity index (χ1v) is 8.91. The highest BCUT2D eigenvalue weighted by atomic mass is 32.2. The van der Waals surface area contributed by atoms with E-state index in [9.17, 15) is 8.42 Å². The van der Waals surface area contributed by atoms with E-state index in [1.807, 2.05) is 0 Å². The van der Waals surface area contributed by atoms with E-state index in [1.54, 1.807) is 12.1 Å². The lowest BCUT2D eigenvalue weighted by atomic mass is 10.0. The molecule has 0 spiro atoms. The Labute approximate surface area is 127 Å². The van der Waals surface area contributed by atoms with E-state index in [2.05, 4.69) is 5.32 Å². The minimum absolute atomic E-state index is 0.228. The number of nitrogen functional groups attached to an aromatic ring is 1. The monoisotopic (exact) mass is 311 g/mol. The Hall–Kier alpha value is -1.27. The lowest BCUT2D eigenvalue weighted by Crippen LogP contribution is -2.22. The summed E-state index contributed by atoms with van der Waals surface area (Å²) in [4.78, 5) is 0.228. The first-order chi connectivity index (χ1) is 9.91. The maximum absolute atomic E-state index is 12.0. The summed E-state index contributed by atoms with van der Waals surface area (Å²) in [6, 6.07) is 4.87. The van der Waals surface area contributed by atoms with E-state index in [0.29, 0.717) is 5.69 Å². The lowest BCUT2D eigenvalue weighted by Gasteiger charge is -2.15. The second-order valence-corrected chi connectivity index (χ2v) is 8.05. The van der Waals surface area contributed by atoms with Crippen LogP contribution in [0.2, 0.25) is 0 Å². The summed E-state index contributed by atoms with van der Waals surface area (Å²) in [5.74, 6) is 0.826. The molecule has 2 rings (SSSR count). The van der Waals surface area contributed by atoms with Crippen molar-refractivity contribution in [3.05, 3.63) is 18.2 Å². The normalized spacial score (nSPS) is 16.5. The molecule has 0 saturated heterocycles. The topological polar surface area (TPSA) is 75.4 Å². The van der Waals surface area contributed by atoms with E-state index in [0.717, 1.165) is 24.6 Å². The van der Waals surface area contributed by atoms with Crippen molar-refractivity contribution < 1.29 is 8.42 Å². The highest BCUT2D eigenvalue weighted by molar-refractivity contribution is 7.89. The van der Waals surface area contributed by atoms with Gasteiger partial charge in [-0.3, -0.25) is 0 Å². The number of hydrogen-bond donors (Lipinski definition) is 2. The largest absolute Gasteiger partial charge is 0.397 e. The number of nitrogens with two attached hydrogens (primary N) is 1. The minimum Gasteiger partial charge on any atom is -0.397 e. The zero-order valence-electron chi connectivity index (χ0n) is 12.8. The molecule has 0 radical (unpaired) electrons. The number of hydrogen-bond acceptors (Lipinski definition) is 4. The molecule has 1 aromatic carbocycles. The molecule has 0 aliphatic heterocycles. The van der Waals surface area contributed by atoms with Crippen LogP contribution < -0.4 is 11.1 Å². The second kappa shape index (κ2) is 6.66. The number of rotatable bonds is 6. The maximum atomic E-state index is 12.0. The third-order valence-corrected chi connectivity index (χ3v) is 5.96. The Morgan fingerprint density at radius 3 is 2.52 bits per heavy atom. The van der Waals surface area contributed by atoms with Gasteiger partial charge in [0.1, 0.15) is 0 Å². The molecular weight excluding hydrogens is 286 g/mol. The molecule has 1 aliphatic carbocycles. The Balaban J connectivity index is 1.99. The predicted molar refractivity (Wildman–Crippen MR) is 86.8 cm³/mol.